The average Bonchev–Trinajstić information content (AvgIpc) is 2.79. The van der Waals surface area contributed by atoms with Crippen LogP contribution >= 0.6 is 0 Å². The Kier molecular flexibility index (Phi) is 6.18. The van der Waals surface area contributed by atoms with Crippen LogP contribution in [0.15, 0.2) is 54.6 Å². The van der Waals surface area contributed by atoms with Gasteiger partial charge in [-0.15, -0.1) is 0 Å². The fourth-order valence-corrected chi connectivity index (χ4v) is 3.80. The zero-order valence-corrected chi connectivity index (χ0v) is 17.2. The van der Waals surface area contributed by atoms with Gasteiger partial charge in [-0.05, 0) is 17.7 Å². The second kappa shape index (κ2) is 9.17. The number of likely N-dealkylation sites (N-methyl/N-ethyl adjacent to an activating group) is 1. The summed E-state index contributed by atoms with van der Waals surface area (Å²) in [6.45, 7) is 3.30. The highest BCUT2D eigenvalue weighted by Crippen LogP contribution is 2.33. The van der Waals surface area contributed by atoms with Gasteiger partial charge in [0.25, 0.3) is 5.91 Å². The maximum absolute atomic E-state index is 13.0. The van der Waals surface area contributed by atoms with Crippen molar-refractivity contribution < 1.29 is 19.1 Å². The molecular weight excluding hydrogens is 382 g/mol. The SMILES string of the molecule is CN(Cc1ccccc1)C(=O)CN1CC(C(=O)N2CCOCC2)Oc2ccccc21. The van der Waals surface area contributed by atoms with E-state index in [9.17, 15) is 9.59 Å². The van der Waals surface area contributed by atoms with Crippen molar-refractivity contribution in [3.63, 3.8) is 0 Å². The third-order valence-electron chi connectivity index (χ3n) is 5.47. The van der Waals surface area contributed by atoms with E-state index in [1.165, 1.54) is 0 Å². The van der Waals surface area contributed by atoms with Crippen molar-refractivity contribution in [3.05, 3.63) is 60.2 Å². The molecular formula is C23H27N3O4. The molecule has 0 saturated carbocycles. The molecule has 2 aliphatic rings. The van der Waals surface area contributed by atoms with Crippen LogP contribution in [-0.4, -0.2) is 74.2 Å². The van der Waals surface area contributed by atoms with Crippen LogP contribution in [0.25, 0.3) is 0 Å². The first-order valence-electron chi connectivity index (χ1n) is 10.3. The van der Waals surface area contributed by atoms with Gasteiger partial charge in [0.1, 0.15) is 5.75 Å². The Balaban J connectivity index is 1.46. The molecule has 7 heteroatoms. The van der Waals surface area contributed by atoms with Gasteiger partial charge in [0, 0.05) is 26.7 Å². The van der Waals surface area contributed by atoms with Crippen molar-refractivity contribution in [2.24, 2.45) is 0 Å². The van der Waals surface area contributed by atoms with Gasteiger partial charge in [0.15, 0.2) is 6.10 Å². The smallest absolute Gasteiger partial charge is 0.265 e. The number of fused-ring (bicyclic) bond motifs is 1. The topological polar surface area (TPSA) is 62.3 Å². The molecule has 1 atom stereocenters. The number of ether oxygens (including phenoxy) is 2. The number of amides is 2. The summed E-state index contributed by atoms with van der Waals surface area (Å²) in [4.78, 5) is 31.4. The number of rotatable bonds is 5. The molecule has 0 aromatic heterocycles. The second-order valence-corrected chi connectivity index (χ2v) is 7.63. The van der Waals surface area contributed by atoms with Crippen LogP contribution in [0.2, 0.25) is 0 Å². The molecule has 7 nitrogen and oxygen atoms in total. The molecule has 0 N–H and O–H groups in total. The quantitative estimate of drug-likeness (QED) is 0.753. The first kappa shape index (κ1) is 20.2. The van der Waals surface area contributed by atoms with Crippen molar-refractivity contribution in [2.45, 2.75) is 12.6 Å². The standard InChI is InChI=1S/C23H27N3O4/c1-24(15-18-7-3-2-4-8-18)22(27)17-26-16-21(23(28)25-11-13-29-14-12-25)30-20-10-6-5-9-19(20)26/h2-10,21H,11-17H2,1H3. The molecule has 0 aliphatic carbocycles. The van der Waals surface area contributed by atoms with Crippen molar-refractivity contribution in [1.29, 1.82) is 0 Å². The molecule has 2 aromatic carbocycles. The van der Waals surface area contributed by atoms with Gasteiger partial charge in [-0.3, -0.25) is 9.59 Å². The summed E-state index contributed by atoms with van der Waals surface area (Å²) in [6, 6.07) is 17.5. The summed E-state index contributed by atoms with van der Waals surface area (Å²) in [5.74, 6) is 0.574. The van der Waals surface area contributed by atoms with Gasteiger partial charge in [-0.1, -0.05) is 42.5 Å². The van der Waals surface area contributed by atoms with Crippen LogP contribution in [0.1, 0.15) is 5.56 Å². The normalized spacial score (nSPS) is 18.4. The van der Waals surface area contributed by atoms with Crippen LogP contribution in [0.3, 0.4) is 0 Å². The first-order chi connectivity index (χ1) is 14.6. The van der Waals surface area contributed by atoms with E-state index in [2.05, 4.69) is 0 Å². The Hall–Kier alpha value is -3.06. The third kappa shape index (κ3) is 4.57. The summed E-state index contributed by atoms with van der Waals surface area (Å²) in [6.07, 6.45) is -0.634. The Labute approximate surface area is 176 Å². The van der Waals surface area contributed by atoms with Crippen molar-refractivity contribution in [1.82, 2.24) is 9.80 Å². The zero-order valence-electron chi connectivity index (χ0n) is 17.2. The minimum absolute atomic E-state index is 0.00636. The molecule has 4 rings (SSSR count). The number of carbonyl (C=O) groups is 2. The number of nitrogens with zero attached hydrogens (tertiary/aromatic N) is 3. The van der Waals surface area contributed by atoms with Gasteiger partial charge < -0.3 is 24.2 Å². The van der Waals surface area contributed by atoms with Crippen molar-refractivity contribution in [3.8, 4) is 5.75 Å². The van der Waals surface area contributed by atoms with Gasteiger partial charge in [-0.2, -0.15) is 0 Å². The number of morpholine rings is 1. The van der Waals surface area contributed by atoms with Gasteiger partial charge >= 0.3 is 0 Å². The third-order valence-corrected chi connectivity index (χ3v) is 5.47. The molecule has 0 spiro atoms. The number of hydrogen-bond donors (Lipinski definition) is 0. The molecule has 158 valence electrons. The van der Waals surface area contributed by atoms with Crippen LogP contribution < -0.4 is 9.64 Å². The molecule has 2 heterocycles. The summed E-state index contributed by atoms with van der Waals surface area (Å²) in [5.41, 5.74) is 1.92. The van der Waals surface area contributed by atoms with Crippen LogP contribution in [0, 0.1) is 0 Å². The minimum Gasteiger partial charge on any atom is -0.477 e. The maximum atomic E-state index is 13.0. The largest absolute Gasteiger partial charge is 0.477 e. The first-order valence-corrected chi connectivity index (χ1v) is 10.3. The van der Waals surface area contributed by atoms with Crippen LogP contribution in [-0.2, 0) is 20.9 Å². The molecule has 30 heavy (non-hydrogen) atoms. The minimum atomic E-state index is -0.634. The Bertz CT molecular complexity index is 883. The molecule has 1 fully saturated rings. The van der Waals surface area contributed by atoms with E-state index in [0.29, 0.717) is 45.1 Å². The highest BCUT2D eigenvalue weighted by atomic mass is 16.5. The Morgan fingerprint density at radius 2 is 1.73 bits per heavy atom. The molecule has 0 radical (unpaired) electrons. The van der Waals surface area contributed by atoms with E-state index >= 15 is 0 Å². The molecule has 0 bridgehead atoms. The van der Waals surface area contributed by atoms with E-state index < -0.39 is 6.10 Å². The second-order valence-electron chi connectivity index (χ2n) is 7.63. The predicted molar refractivity (Wildman–Crippen MR) is 113 cm³/mol. The molecule has 2 aliphatic heterocycles. The highest BCUT2D eigenvalue weighted by Gasteiger charge is 2.35. The zero-order chi connectivity index (χ0) is 20.9. The van der Waals surface area contributed by atoms with Gasteiger partial charge in [0.2, 0.25) is 5.91 Å². The molecule has 2 amide bonds. The van der Waals surface area contributed by atoms with E-state index in [4.69, 9.17) is 9.47 Å². The predicted octanol–water partition coefficient (Wildman–Crippen LogP) is 1.77. The summed E-state index contributed by atoms with van der Waals surface area (Å²) in [5, 5.41) is 0. The lowest BCUT2D eigenvalue weighted by molar-refractivity contribution is -0.143. The Morgan fingerprint density at radius 1 is 1.03 bits per heavy atom. The lowest BCUT2D eigenvalue weighted by Gasteiger charge is -2.38. The fourth-order valence-electron chi connectivity index (χ4n) is 3.80. The van der Waals surface area contributed by atoms with Gasteiger partial charge in [-0.25, -0.2) is 0 Å². The molecule has 1 unspecified atom stereocenters. The van der Waals surface area contributed by atoms with E-state index in [0.717, 1.165) is 11.3 Å². The summed E-state index contributed by atoms with van der Waals surface area (Å²) >= 11 is 0. The van der Waals surface area contributed by atoms with Gasteiger partial charge in [0.05, 0.1) is 32.0 Å². The van der Waals surface area contributed by atoms with E-state index in [-0.39, 0.29) is 18.4 Å². The average molecular weight is 409 g/mol. The Morgan fingerprint density at radius 3 is 2.50 bits per heavy atom. The van der Waals surface area contributed by atoms with E-state index in [1.807, 2.05) is 59.5 Å². The van der Waals surface area contributed by atoms with Crippen molar-refractivity contribution >= 4 is 17.5 Å². The van der Waals surface area contributed by atoms with E-state index in [1.54, 1.807) is 16.8 Å². The summed E-state index contributed by atoms with van der Waals surface area (Å²) in [7, 11) is 1.80. The number of hydrogen-bond acceptors (Lipinski definition) is 5. The lowest BCUT2D eigenvalue weighted by Crippen LogP contribution is -2.54. The van der Waals surface area contributed by atoms with Crippen LogP contribution in [0.4, 0.5) is 5.69 Å². The monoisotopic (exact) mass is 409 g/mol. The molecule has 2 aromatic rings. The maximum Gasteiger partial charge on any atom is 0.265 e. The highest BCUT2D eigenvalue weighted by molar-refractivity contribution is 5.86. The lowest BCUT2D eigenvalue weighted by atomic mass is 10.1. The van der Waals surface area contributed by atoms with Crippen molar-refractivity contribution in [2.75, 3.05) is 51.3 Å². The number of benzene rings is 2. The number of anilines is 1. The molecule has 1 saturated heterocycles. The summed E-state index contributed by atoms with van der Waals surface area (Å²) < 4.78 is 11.4. The van der Waals surface area contributed by atoms with Crippen LogP contribution in [0.5, 0.6) is 5.75 Å². The number of para-hydroxylation sites is 2. The fraction of sp³-hybridized carbons (Fsp3) is 0.391. The number of carbonyl (C=O) groups excluding carboxylic acids is 2.